The van der Waals surface area contributed by atoms with Crippen LogP contribution in [0.5, 0.6) is 0 Å². The molecule has 11 heteroatoms. The van der Waals surface area contributed by atoms with Crippen LogP contribution >= 0.6 is 35.2 Å². The number of hydrogen-bond donors (Lipinski definition) is 4. The van der Waals surface area contributed by atoms with Gasteiger partial charge in [-0.25, -0.2) is 4.39 Å². The highest BCUT2D eigenvalue weighted by atomic mass is 35.5. The van der Waals surface area contributed by atoms with Crippen molar-refractivity contribution in [2.45, 2.75) is 39.8 Å². The average Bonchev–Trinajstić information content (AvgIpc) is 3.20. The van der Waals surface area contributed by atoms with E-state index in [0.29, 0.717) is 28.3 Å². The maximum Gasteiger partial charge on any atom is 0.311 e. The van der Waals surface area contributed by atoms with Crippen LogP contribution in [0.3, 0.4) is 0 Å². The minimum Gasteiger partial charge on any atom is -0.462 e. The van der Waals surface area contributed by atoms with Gasteiger partial charge >= 0.3 is 5.97 Å². The molecule has 0 amide bonds. The fourth-order valence-corrected chi connectivity index (χ4v) is 4.47. The minimum absolute atomic E-state index is 0.0601. The number of thiazole rings is 1. The van der Waals surface area contributed by atoms with Crippen molar-refractivity contribution >= 4 is 57.6 Å². The zero-order valence-corrected chi connectivity index (χ0v) is 22.8. The van der Waals surface area contributed by atoms with Crippen LogP contribution in [0, 0.1) is 16.6 Å². The van der Waals surface area contributed by atoms with Gasteiger partial charge in [0.25, 0.3) is 0 Å². The van der Waals surface area contributed by atoms with E-state index in [2.05, 4.69) is 10.6 Å². The molecule has 3 aromatic rings. The molecule has 2 aromatic carbocycles. The summed E-state index contributed by atoms with van der Waals surface area (Å²) in [6.07, 6.45) is 1.83. The van der Waals surface area contributed by atoms with E-state index >= 15 is 0 Å². The van der Waals surface area contributed by atoms with Crippen LogP contribution in [0.1, 0.15) is 38.8 Å². The number of aromatic nitrogens is 1. The number of ether oxygens (including phenoxy) is 1. The smallest absolute Gasteiger partial charge is 0.311 e. The van der Waals surface area contributed by atoms with E-state index in [-0.39, 0.29) is 16.7 Å². The van der Waals surface area contributed by atoms with Crippen molar-refractivity contribution in [2.75, 3.05) is 17.7 Å². The summed E-state index contributed by atoms with van der Waals surface area (Å²) in [5, 5.41) is 16.4. The number of hydrogen-bond acceptors (Lipinski definition) is 6. The zero-order valence-electron chi connectivity index (χ0n) is 20.4. The van der Waals surface area contributed by atoms with Gasteiger partial charge in [0.15, 0.2) is 9.91 Å². The summed E-state index contributed by atoms with van der Waals surface area (Å²) in [5.41, 5.74) is 7.00. The van der Waals surface area contributed by atoms with E-state index in [1.54, 1.807) is 44.4 Å². The summed E-state index contributed by atoms with van der Waals surface area (Å²) in [6.45, 7) is 7.39. The van der Waals surface area contributed by atoms with Gasteiger partial charge in [0.2, 0.25) is 0 Å². The number of nitrogen functional groups attached to an aromatic ring is 1. The second kappa shape index (κ2) is 11.0. The Kier molecular flexibility index (Phi) is 8.43. The first kappa shape index (κ1) is 27.6. The molecule has 1 heterocycles. The fraction of sp³-hybridized carbons (Fsp3) is 0.320. The number of esters is 1. The van der Waals surface area contributed by atoms with Crippen LogP contribution in [-0.2, 0) is 21.6 Å². The SMILES string of the molecule is CC(C)(C)C(=O)OCC(C)(NC(=S)Nc1c(N)cccc1Cn1ccsc1=N)c1ccc(F)c(Cl)c1. The third kappa shape index (κ3) is 6.63. The molecule has 1 unspecified atom stereocenters. The number of para-hydroxylation sites is 1. The Balaban J connectivity index is 1.88. The number of halogens is 2. The van der Waals surface area contributed by atoms with E-state index < -0.39 is 22.7 Å². The lowest BCUT2D eigenvalue weighted by molar-refractivity contribution is -0.155. The molecule has 7 nitrogen and oxygen atoms in total. The Bertz CT molecular complexity index is 1330. The Labute approximate surface area is 223 Å². The predicted molar refractivity (Wildman–Crippen MR) is 147 cm³/mol. The van der Waals surface area contributed by atoms with Crippen LogP contribution in [0.25, 0.3) is 0 Å². The molecule has 3 rings (SSSR count). The van der Waals surface area contributed by atoms with Gasteiger partial charge in [-0.05, 0) is 69.2 Å². The fourth-order valence-electron chi connectivity index (χ4n) is 3.37. The molecule has 192 valence electrons. The lowest BCUT2D eigenvalue weighted by Gasteiger charge is -2.33. The number of carbonyl (C=O) groups is 1. The summed E-state index contributed by atoms with van der Waals surface area (Å²) in [5.74, 6) is -0.951. The van der Waals surface area contributed by atoms with Crippen molar-refractivity contribution < 1.29 is 13.9 Å². The molecule has 0 aliphatic rings. The Morgan fingerprint density at radius 1 is 1.28 bits per heavy atom. The molecular formula is C25H29ClFN5O2S2. The molecule has 0 fully saturated rings. The van der Waals surface area contributed by atoms with E-state index in [9.17, 15) is 9.18 Å². The summed E-state index contributed by atoms with van der Waals surface area (Å²) < 4.78 is 21.3. The molecule has 5 N–H and O–H groups in total. The van der Waals surface area contributed by atoms with Crippen molar-refractivity contribution in [3.63, 3.8) is 0 Å². The monoisotopic (exact) mass is 549 g/mol. The molecule has 1 atom stereocenters. The van der Waals surface area contributed by atoms with Gasteiger partial charge in [-0.2, -0.15) is 0 Å². The van der Waals surface area contributed by atoms with Gasteiger partial charge in [0.1, 0.15) is 12.4 Å². The number of rotatable bonds is 7. The molecule has 1 aromatic heterocycles. The van der Waals surface area contributed by atoms with Gasteiger partial charge in [0, 0.05) is 11.6 Å². The van der Waals surface area contributed by atoms with Gasteiger partial charge in [0.05, 0.1) is 33.9 Å². The largest absolute Gasteiger partial charge is 0.462 e. The van der Waals surface area contributed by atoms with E-state index in [4.69, 9.17) is 39.7 Å². The van der Waals surface area contributed by atoms with E-state index in [1.807, 2.05) is 23.7 Å². The molecule has 0 radical (unpaired) electrons. The lowest BCUT2D eigenvalue weighted by atomic mass is 9.92. The number of anilines is 2. The molecule has 36 heavy (non-hydrogen) atoms. The van der Waals surface area contributed by atoms with Gasteiger partial charge in [-0.15, -0.1) is 11.3 Å². The third-order valence-corrected chi connectivity index (χ3v) is 6.70. The lowest BCUT2D eigenvalue weighted by Crippen LogP contribution is -2.49. The second-order valence-electron chi connectivity index (χ2n) is 9.58. The highest BCUT2D eigenvalue weighted by molar-refractivity contribution is 7.80. The number of benzene rings is 2. The molecule has 0 aliphatic carbocycles. The molecule has 0 spiro atoms. The Morgan fingerprint density at radius 2 is 2.00 bits per heavy atom. The Morgan fingerprint density at radius 3 is 2.61 bits per heavy atom. The normalized spacial score (nSPS) is 13.1. The third-order valence-electron chi connectivity index (χ3n) is 5.49. The highest BCUT2D eigenvalue weighted by Gasteiger charge is 2.33. The predicted octanol–water partition coefficient (Wildman–Crippen LogP) is 5.24. The van der Waals surface area contributed by atoms with Crippen molar-refractivity contribution in [3.8, 4) is 0 Å². The number of carbonyl (C=O) groups excluding carboxylic acids is 1. The van der Waals surface area contributed by atoms with Crippen LogP contribution < -0.4 is 21.2 Å². The number of nitrogens with two attached hydrogens (primary N) is 1. The van der Waals surface area contributed by atoms with Crippen molar-refractivity contribution in [1.29, 1.82) is 5.41 Å². The summed E-state index contributed by atoms with van der Waals surface area (Å²) in [6, 6.07) is 9.77. The van der Waals surface area contributed by atoms with Crippen LogP contribution in [0.15, 0.2) is 48.0 Å². The van der Waals surface area contributed by atoms with Crippen LogP contribution in [0.4, 0.5) is 15.8 Å². The highest BCUT2D eigenvalue weighted by Crippen LogP contribution is 2.29. The van der Waals surface area contributed by atoms with Gasteiger partial charge < -0.3 is 25.7 Å². The van der Waals surface area contributed by atoms with Crippen LogP contribution in [-0.4, -0.2) is 22.3 Å². The molecule has 0 aliphatic heterocycles. The molecule has 0 saturated heterocycles. The number of thiocarbonyl (C=S) groups is 1. The summed E-state index contributed by atoms with van der Waals surface area (Å²) in [7, 11) is 0. The first-order chi connectivity index (χ1) is 16.8. The van der Waals surface area contributed by atoms with Gasteiger partial charge in [-0.3, -0.25) is 10.2 Å². The number of nitrogens with zero attached hydrogens (tertiary/aromatic N) is 1. The summed E-state index contributed by atoms with van der Waals surface area (Å²) in [4.78, 5) is 12.9. The van der Waals surface area contributed by atoms with Crippen molar-refractivity contribution in [2.24, 2.45) is 5.41 Å². The maximum atomic E-state index is 13.9. The second-order valence-corrected chi connectivity index (χ2v) is 11.3. The first-order valence-electron chi connectivity index (χ1n) is 11.1. The van der Waals surface area contributed by atoms with Crippen molar-refractivity contribution in [1.82, 2.24) is 9.88 Å². The number of nitrogens with one attached hydrogen (secondary N) is 3. The van der Waals surface area contributed by atoms with Crippen molar-refractivity contribution in [3.05, 3.63) is 74.7 Å². The zero-order chi connectivity index (χ0) is 26.7. The molecule has 0 bridgehead atoms. The van der Waals surface area contributed by atoms with E-state index in [1.165, 1.54) is 23.5 Å². The van der Waals surface area contributed by atoms with E-state index in [0.717, 1.165) is 5.56 Å². The Hall–Kier alpha value is -2.95. The topological polar surface area (TPSA) is 105 Å². The average molecular weight is 550 g/mol. The van der Waals surface area contributed by atoms with Gasteiger partial charge in [-0.1, -0.05) is 29.8 Å². The standard InChI is InChI=1S/C25H29ClFN5O2S2/c1-24(2,3)21(33)34-14-25(4,16-8-9-18(27)17(26)12-16)31-23(35)30-20-15(6-5-7-19(20)28)13-32-10-11-36-22(32)29/h5-12,29H,13-14,28H2,1-4H3,(H2,30,31,35). The minimum atomic E-state index is -1.04. The van der Waals surface area contributed by atoms with Crippen LogP contribution in [0.2, 0.25) is 5.02 Å². The quantitative estimate of drug-likeness (QED) is 0.182. The maximum absolute atomic E-state index is 13.9. The summed E-state index contributed by atoms with van der Waals surface area (Å²) >= 11 is 13.0. The first-order valence-corrected chi connectivity index (χ1v) is 12.7. The molecule has 0 saturated carbocycles. The molecular weight excluding hydrogens is 521 g/mol.